The van der Waals surface area contributed by atoms with Crippen LogP contribution in [0.4, 0.5) is 11.5 Å². The van der Waals surface area contributed by atoms with Gasteiger partial charge in [0.25, 0.3) is 0 Å². The fourth-order valence-corrected chi connectivity index (χ4v) is 2.76. The Morgan fingerprint density at radius 2 is 1.96 bits per heavy atom. The number of piperidine rings is 1. The van der Waals surface area contributed by atoms with Crippen LogP contribution in [-0.2, 0) is 11.3 Å². The highest BCUT2D eigenvalue weighted by Crippen LogP contribution is 2.21. The van der Waals surface area contributed by atoms with Crippen LogP contribution in [0.25, 0.3) is 0 Å². The highest BCUT2D eigenvalue weighted by atomic mass is 16.2. The minimum absolute atomic E-state index is 0.229. The van der Waals surface area contributed by atoms with Gasteiger partial charge in [-0.2, -0.15) is 0 Å². The average molecular weight is 310 g/mol. The molecule has 2 heterocycles. The molecule has 5 nitrogen and oxygen atoms in total. The van der Waals surface area contributed by atoms with Crippen molar-refractivity contribution in [2.45, 2.75) is 39.7 Å². The van der Waals surface area contributed by atoms with Crippen LogP contribution >= 0.6 is 0 Å². The molecule has 1 fully saturated rings. The van der Waals surface area contributed by atoms with Crippen molar-refractivity contribution in [2.75, 3.05) is 16.8 Å². The molecule has 0 saturated carbocycles. The third-order valence-electron chi connectivity index (χ3n) is 4.11. The molecule has 1 aromatic heterocycles. The van der Waals surface area contributed by atoms with Gasteiger partial charge < -0.3 is 10.2 Å². The predicted molar refractivity (Wildman–Crippen MR) is 91.5 cm³/mol. The molecule has 2 aromatic rings. The van der Waals surface area contributed by atoms with E-state index in [2.05, 4.69) is 27.4 Å². The molecular formula is C18H22N4O. The van der Waals surface area contributed by atoms with Gasteiger partial charge in [0, 0.05) is 31.4 Å². The molecule has 0 atom stereocenters. The lowest BCUT2D eigenvalue weighted by atomic mass is 10.1. The molecule has 0 radical (unpaired) electrons. The quantitative estimate of drug-likeness (QED) is 0.942. The Balaban J connectivity index is 1.65. The molecule has 1 amide bonds. The Morgan fingerprint density at radius 3 is 2.70 bits per heavy atom. The van der Waals surface area contributed by atoms with E-state index in [9.17, 15) is 4.79 Å². The molecule has 1 aromatic carbocycles. The molecule has 1 saturated heterocycles. The lowest BCUT2D eigenvalue weighted by Gasteiger charge is -2.26. The first-order chi connectivity index (χ1) is 11.1. The molecule has 1 aliphatic heterocycles. The van der Waals surface area contributed by atoms with Gasteiger partial charge in [0.15, 0.2) is 0 Å². The fraction of sp³-hybridized carbons (Fsp3) is 0.389. The Morgan fingerprint density at radius 1 is 1.17 bits per heavy atom. The first-order valence-electron chi connectivity index (χ1n) is 8.07. The van der Waals surface area contributed by atoms with Gasteiger partial charge in [-0.15, -0.1) is 0 Å². The van der Waals surface area contributed by atoms with Crippen LogP contribution < -0.4 is 10.2 Å². The molecule has 5 heteroatoms. The summed E-state index contributed by atoms with van der Waals surface area (Å²) in [6.45, 7) is 5.39. The number of amides is 1. The lowest BCUT2D eigenvalue weighted by Crippen LogP contribution is -2.35. The molecule has 1 aliphatic rings. The summed E-state index contributed by atoms with van der Waals surface area (Å²) in [5.41, 5.74) is 3.94. The van der Waals surface area contributed by atoms with Crippen LogP contribution in [0.5, 0.6) is 0 Å². The molecule has 23 heavy (non-hydrogen) atoms. The first-order valence-corrected chi connectivity index (χ1v) is 8.07. The SMILES string of the molecule is Cc1cnc(C)c(NCc2ccc(N3CCCCC3=O)cc2)n1. The number of aryl methyl sites for hydroxylation is 2. The third-order valence-corrected chi connectivity index (χ3v) is 4.11. The Labute approximate surface area is 136 Å². The summed E-state index contributed by atoms with van der Waals surface area (Å²) in [5, 5.41) is 3.32. The van der Waals surface area contributed by atoms with Crippen molar-refractivity contribution in [3.05, 3.63) is 47.4 Å². The summed E-state index contributed by atoms with van der Waals surface area (Å²) in [4.78, 5) is 22.6. The van der Waals surface area contributed by atoms with Gasteiger partial charge in [-0.05, 0) is 44.4 Å². The maximum Gasteiger partial charge on any atom is 0.226 e. The van der Waals surface area contributed by atoms with Crippen LogP contribution in [0.15, 0.2) is 30.5 Å². The van der Waals surface area contributed by atoms with Gasteiger partial charge in [-0.3, -0.25) is 9.78 Å². The number of carbonyl (C=O) groups is 1. The van der Waals surface area contributed by atoms with Crippen molar-refractivity contribution in [1.29, 1.82) is 0 Å². The predicted octanol–water partition coefficient (Wildman–Crippen LogP) is 3.22. The second kappa shape index (κ2) is 6.77. The van der Waals surface area contributed by atoms with E-state index in [1.165, 1.54) is 0 Å². The zero-order chi connectivity index (χ0) is 16.2. The Kier molecular flexibility index (Phi) is 4.55. The fourth-order valence-electron chi connectivity index (χ4n) is 2.76. The van der Waals surface area contributed by atoms with E-state index in [1.54, 1.807) is 6.20 Å². The number of hydrogen-bond acceptors (Lipinski definition) is 4. The van der Waals surface area contributed by atoms with Crippen LogP contribution in [0.1, 0.15) is 36.2 Å². The second-order valence-corrected chi connectivity index (χ2v) is 5.97. The van der Waals surface area contributed by atoms with Gasteiger partial charge in [0.2, 0.25) is 5.91 Å². The van der Waals surface area contributed by atoms with Gasteiger partial charge in [0.1, 0.15) is 5.82 Å². The molecule has 0 bridgehead atoms. The van der Waals surface area contributed by atoms with E-state index in [0.717, 1.165) is 47.8 Å². The molecular weight excluding hydrogens is 288 g/mol. The third kappa shape index (κ3) is 3.67. The molecule has 1 N–H and O–H groups in total. The summed E-state index contributed by atoms with van der Waals surface area (Å²) in [5.74, 6) is 1.05. The maximum atomic E-state index is 12.0. The lowest BCUT2D eigenvalue weighted by molar-refractivity contribution is -0.119. The molecule has 3 rings (SSSR count). The molecule has 120 valence electrons. The summed E-state index contributed by atoms with van der Waals surface area (Å²) >= 11 is 0. The largest absolute Gasteiger partial charge is 0.364 e. The number of rotatable bonds is 4. The van der Waals surface area contributed by atoms with Crippen molar-refractivity contribution in [3.8, 4) is 0 Å². The number of nitrogens with one attached hydrogen (secondary N) is 1. The van der Waals surface area contributed by atoms with Crippen LogP contribution in [0, 0.1) is 13.8 Å². The number of benzene rings is 1. The minimum Gasteiger partial charge on any atom is -0.364 e. The van der Waals surface area contributed by atoms with E-state index in [-0.39, 0.29) is 5.91 Å². The Bertz CT molecular complexity index is 697. The minimum atomic E-state index is 0.229. The number of aromatic nitrogens is 2. The zero-order valence-corrected chi connectivity index (χ0v) is 13.7. The van der Waals surface area contributed by atoms with Crippen LogP contribution in [0.2, 0.25) is 0 Å². The smallest absolute Gasteiger partial charge is 0.226 e. The normalized spacial score (nSPS) is 14.9. The first kappa shape index (κ1) is 15.5. The average Bonchev–Trinajstić information content (AvgIpc) is 2.57. The van der Waals surface area contributed by atoms with E-state index in [1.807, 2.05) is 30.9 Å². The van der Waals surface area contributed by atoms with E-state index < -0.39 is 0 Å². The van der Waals surface area contributed by atoms with E-state index in [0.29, 0.717) is 13.0 Å². The molecule has 0 aliphatic carbocycles. The van der Waals surface area contributed by atoms with E-state index in [4.69, 9.17) is 0 Å². The van der Waals surface area contributed by atoms with Crippen molar-refractivity contribution in [3.63, 3.8) is 0 Å². The highest BCUT2D eigenvalue weighted by Gasteiger charge is 2.19. The Hall–Kier alpha value is -2.43. The monoisotopic (exact) mass is 310 g/mol. The maximum absolute atomic E-state index is 12.0. The standard InChI is InChI=1S/C18H22N4O/c1-13-11-19-14(2)18(21-13)20-12-15-6-8-16(9-7-15)22-10-4-3-5-17(22)23/h6-9,11H,3-5,10,12H2,1-2H3,(H,20,21). The number of hydrogen-bond donors (Lipinski definition) is 1. The summed E-state index contributed by atoms with van der Waals surface area (Å²) in [6, 6.07) is 8.16. The summed E-state index contributed by atoms with van der Waals surface area (Å²) < 4.78 is 0. The zero-order valence-electron chi connectivity index (χ0n) is 13.7. The van der Waals surface area contributed by atoms with Gasteiger partial charge in [0.05, 0.1) is 11.4 Å². The van der Waals surface area contributed by atoms with Crippen molar-refractivity contribution < 1.29 is 4.79 Å². The van der Waals surface area contributed by atoms with Gasteiger partial charge in [-0.1, -0.05) is 12.1 Å². The molecule has 0 spiro atoms. The summed E-state index contributed by atoms with van der Waals surface area (Å²) in [6.07, 6.45) is 4.52. The van der Waals surface area contributed by atoms with Crippen LogP contribution in [-0.4, -0.2) is 22.4 Å². The molecule has 0 unspecified atom stereocenters. The highest BCUT2D eigenvalue weighted by molar-refractivity contribution is 5.93. The topological polar surface area (TPSA) is 58.1 Å². The van der Waals surface area contributed by atoms with E-state index >= 15 is 0 Å². The van der Waals surface area contributed by atoms with Gasteiger partial charge >= 0.3 is 0 Å². The number of carbonyl (C=O) groups excluding carboxylic acids is 1. The van der Waals surface area contributed by atoms with Gasteiger partial charge in [-0.25, -0.2) is 4.98 Å². The number of anilines is 2. The second-order valence-electron chi connectivity index (χ2n) is 5.97. The van der Waals surface area contributed by atoms with Crippen molar-refractivity contribution >= 4 is 17.4 Å². The van der Waals surface area contributed by atoms with Crippen molar-refractivity contribution in [2.24, 2.45) is 0 Å². The van der Waals surface area contributed by atoms with Crippen molar-refractivity contribution in [1.82, 2.24) is 9.97 Å². The van der Waals surface area contributed by atoms with Crippen LogP contribution in [0.3, 0.4) is 0 Å². The summed E-state index contributed by atoms with van der Waals surface area (Å²) in [7, 11) is 0. The number of nitrogens with zero attached hydrogens (tertiary/aromatic N) is 3.